The third-order valence-electron chi connectivity index (χ3n) is 6.87. The average Bonchev–Trinajstić information content (AvgIpc) is 2.70. The summed E-state index contributed by atoms with van der Waals surface area (Å²) >= 11 is 0. The molecule has 1 amide bonds. The van der Waals surface area contributed by atoms with Gasteiger partial charge in [0.15, 0.2) is 11.4 Å². The molecule has 3 aliphatic carbocycles. The lowest BCUT2D eigenvalue weighted by atomic mass is 9.57. The van der Waals surface area contributed by atoms with E-state index in [4.69, 9.17) is 5.73 Å². The molecule has 0 radical (unpaired) electrons. The quantitative estimate of drug-likeness (QED) is 0.333. The molecule has 0 aliphatic heterocycles. The Morgan fingerprint density at radius 1 is 1.22 bits per heavy atom. The molecule has 3 aliphatic rings. The zero-order valence-corrected chi connectivity index (χ0v) is 17.5. The van der Waals surface area contributed by atoms with Crippen LogP contribution >= 0.6 is 0 Å². The summed E-state index contributed by atoms with van der Waals surface area (Å²) in [6.07, 6.45) is 0.158. The molecule has 0 aromatic heterocycles. The molecule has 4 atom stereocenters. The smallest absolute Gasteiger partial charge is 0.255 e. The van der Waals surface area contributed by atoms with Crippen molar-refractivity contribution in [3.05, 3.63) is 45.7 Å². The standard InChI is InChI=1S/C22H24N2O8/c1-24(2)16-11-6-9-5-10-8(7-25)3-4-12(26)14(10)17(27)13(9)19(29)22(11,32)20(30)15(18(16)28)21(23)31/h3-4,9,11,16,25-27,30,32H,5-7H2,1-2H3,(H2,23,31)/t9-,11-,16-,22-/m0/s1. The fraction of sp³-hybridized carbons (Fsp3) is 0.409. The summed E-state index contributed by atoms with van der Waals surface area (Å²) in [6, 6.07) is 1.65. The third kappa shape index (κ3) is 2.66. The van der Waals surface area contributed by atoms with Crippen LogP contribution in [-0.4, -0.2) is 73.6 Å². The first-order valence-corrected chi connectivity index (χ1v) is 10.1. The predicted molar refractivity (Wildman–Crippen MR) is 110 cm³/mol. The number of phenolic OH excluding ortho intramolecular Hbond substituents is 1. The molecule has 0 saturated heterocycles. The number of nitrogens with zero attached hydrogens (tertiary/aromatic N) is 1. The van der Waals surface area contributed by atoms with Crippen molar-refractivity contribution in [2.24, 2.45) is 17.6 Å². The number of hydrogen-bond acceptors (Lipinski definition) is 9. The molecular weight excluding hydrogens is 420 g/mol. The average molecular weight is 444 g/mol. The summed E-state index contributed by atoms with van der Waals surface area (Å²) in [5, 5.41) is 53.2. The van der Waals surface area contributed by atoms with Crippen LogP contribution < -0.4 is 5.73 Å². The number of carbonyl (C=O) groups is 3. The number of Topliss-reactive ketones (excluding diaryl/α,β-unsaturated/α-hetero) is 2. The lowest BCUT2D eigenvalue weighted by Gasteiger charge is -2.50. The van der Waals surface area contributed by atoms with E-state index in [-0.39, 0.29) is 36.3 Å². The second kappa shape index (κ2) is 7.16. The number of amides is 1. The van der Waals surface area contributed by atoms with E-state index in [1.807, 2.05) is 0 Å². The minimum absolute atomic E-state index is 0.00624. The van der Waals surface area contributed by atoms with E-state index in [0.717, 1.165) is 0 Å². The number of hydrogen-bond donors (Lipinski definition) is 6. The summed E-state index contributed by atoms with van der Waals surface area (Å²) in [6.45, 7) is -0.358. The molecule has 0 heterocycles. The Labute approximate surface area is 182 Å². The molecule has 0 bridgehead atoms. The second-order valence-corrected chi connectivity index (χ2v) is 8.72. The highest BCUT2D eigenvalue weighted by Gasteiger charge is 2.64. The molecule has 32 heavy (non-hydrogen) atoms. The van der Waals surface area contributed by atoms with Gasteiger partial charge in [0.1, 0.15) is 22.8 Å². The third-order valence-corrected chi connectivity index (χ3v) is 6.87. The van der Waals surface area contributed by atoms with E-state index in [1.165, 1.54) is 31.1 Å². The number of carbonyl (C=O) groups excluding carboxylic acids is 3. The maximum atomic E-state index is 13.6. The zero-order valence-electron chi connectivity index (χ0n) is 17.5. The van der Waals surface area contributed by atoms with Gasteiger partial charge in [-0.15, -0.1) is 0 Å². The van der Waals surface area contributed by atoms with Gasteiger partial charge in [-0.25, -0.2) is 0 Å². The van der Waals surface area contributed by atoms with Crippen LogP contribution in [0.3, 0.4) is 0 Å². The molecule has 1 aromatic carbocycles. The molecule has 7 N–H and O–H groups in total. The molecule has 1 aromatic rings. The van der Waals surface area contributed by atoms with Gasteiger partial charge >= 0.3 is 0 Å². The Balaban J connectivity index is 1.99. The van der Waals surface area contributed by atoms with Crippen molar-refractivity contribution < 1.29 is 39.9 Å². The Bertz CT molecular complexity index is 1130. The number of ketones is 2. The van der Waals surface area contributed by atoms with Crippen LogP contribution in [0.15, 0.2) is 29.0 Å². The van der Waals surface area contributed by atoms with E-state index < -0.39 is 58.0 Å². The second-order valence-electron chi connectivity index (χ2n) is 8.72. The zero-order chi connectivity index (χ0) is 23.7. The lowest BCUT2D eigenvalue weighted by molar-refractivity contribution is -0.153. The van der Waals surface area contributed by atoms with Crippen LogP contribution in [0.2, 0.25) is 0 Å². The number of aromatic hydroxyl groups is 1. The molecular formula is C22H24N2O8. The van der Waals surface area contributed by atoms with Crippen LogP contribution in [0, 0.1) is 11.8 Å². The first-order valence-electron chi connectivity index (χ1n) is 10.1. The van der Waals surface area contributed by atoms with Gasteiger partial charge in [0.25, 0.3) is 5.91 Å². The largest absolute Gasteiger partial charge is 0.508 e. The summed E-state index contributed by atoms with van der Waals surface area (Å²) in [7, 11) is 3.07. The van der Waals surface area contributed by atoms with Gasteiger partial charge in [0.05, 0.1) is 18.2 Å². The Morgan fingerprint density at radius 2 is 1.88 bits per heavy atom. The summed E-state index contributed by atoms with van der Waals surface area (Å²) in [5.41, 5.74) is 2.43. The number of likely N-dealkylation sites (N-methyl/N-ethyl adjacent to an activating group) is 1. The van der Waals surface area contributed by atoms with E-state index in [2.05, 4.69) is 0 Å². The van der Waals surface area contributed by atoms with Gasteiger partial charge < -0.3 is 31.3 Å². The highest BCUT2D eigenvalue weighted by atomic mass is 16.3. The SMILES string of the molecule is CN(C)[C@@H]1C(=O)C(C(N)=O)=C(O)[C@@]2(O)C(=O)C3=C(O)c4c(O)ccc(CO)c4C[C@H]3C[C@@H]12. The fourth-order valence-electron chi connectivity index (χ4n) is 5.46. The van der Waals surface area contributed by atoms with Crippen molar-refractivity contribution in [2.75, 3.05) is 14.1 Å². The fourth-order valence-corrected chi connectivity index (χ4v) is 5.46. The van der Waals surface area contributed by atoms with Crippen molar-refractivity contribution in [2.45, 2.75) is 31.1 Å². The number of aliphatic hydroxyl groups excluding tert-OH is 3. The Kier molecular flexibility index (Phi) is 4.92. The van der Waals surface area contributed by atoms with Crippen LogP contribution in [0.4, 0.5) is 0 Å². The molecule has 1 fully saturated rings. The first-order chi connectivity index (χ1) is 15.0. The maximum absolute atomic E-state index is 13.6. The minimum atomic E-state index is -2.66. The molecule has 10 heteroatoms. The highest BCUT2D eigenvalue weighted by Crippen LogP contribution is 2.52. The molecule has 170 valence electrons. The van der Waals surface area contributed by atoms with Crippen LogP contribution in [0.1, 0.15) is 23.1 Å². The van der Waals surface area contributed by atoms with Gasteiger partial charge in [-0.05, 0) is 50.0 Å². The number of aliphatic hydroxyl groups is 4. The van der Waals surface area contributed by atoms with Crippen molar-refractivity contribution in [3.8, 4) is 5.75 Å². The van der Waals surface area contributed by atoms with Gasteiger partial charge in [0, 0.05) is 11.5 Å². The monoisotopic (exact) mass is 444 g/mol. The summed E-state index contributed by atoms with van der Waals surface area (Å²) in [5.74, 6) is -6.95. The number of primary amides is 1. The number of phenols is 1. The Hall–Kier alpha value is -3.21. The minimum Gasteiger partial charge on any atom is -0.508 e. The highest BCUT2D eigenvalue weighted by molar-refractivity contribution is 6.24. The van der Waals surface area contributed by atoms with Crippen LogP contribution in [0.5, 0.6) is 5.75 Å². The van der Waals surface area contributed by atoms with Crippen LogP contribution in [0.25, 0.3) is 5.76 Å². The molecule has 0 spiro atoms. The Morgan fingerprint density at radius 3 is 2.44 bits per heavy atom. The normalized spacial score (nSPS) is 29.7. The van der Waals surface area contributed by atoms with Crippen molar-refractivity contribution in [1.82, 2.24) is 4.90 Å². The van der Waals surface area contributed by atoms with Crippen molar-refractivity contribution in [3.63, 3.8) is 0 Å². The molecule has 1 saturated carbocycles. The summed E-state index contributed by atoms with van der Waals surface area (Å²) < 4.78 is 0. The number of rotatable bonds is 3. The number of benzene rings is 1. The van der Waals surface area contributed by atoms with E-state index in [1.54, 1.807) is 0 Å². The molecule has 4 rings (SSSR count). The number of fused-ring (bicyclic) bond motifs is 3. The predicted octanol–water partition coefficient (Wildman–Crippen LogP) is -0.544. The lowest BCUT2D eigenvalue weighted by Crippen LogP contribution is -2.65. The van der Waals surface area contributed by atoms with Gasteiger partial charge in [-0.3, -0.25) is 19.3 Å². The van der Waals surface area contributed by atoms with E-state index in [0.29, 0.717) is 11.1 Å². The van der Waals surface area contributed by atoms with Gasteiger partial charge in [0.2, 0.25) is 5.78 Å². The van der Waals surface area contributed by atoms with Gasteiger partial charge in [-0.1, -0.05) is 6.07 Å². The molecule has 10 nitrogen and oxygen atoms in total. The van der Waals surface area contributed by atoms with Crippen molar-refractivity contribution >= 4 is 23.2 Å². The number of nitrogens with two attached hydrogens (primary N) is 1. The topological polar surface area (TPSA) is 182 Å². The molecule has 0 unspecified atom stereocenters. The maximum Gasteiger partial charge on any atom is 0.255 e. The summed E-state index contributed by atoms with van der Waals surface area (Å²) in [4.78, 5) is 39.9. The van der Waals surface area contributed by atoms with Crippen LogP contribution in [-0.2, 0) is 27.4 Å². The first kappa shape index (κ1) is 22.0. The van der Waals surface area contributed by atoms with Gasteiger partial charge in [-0.2, -0.15) is 0 Å². The van der Waals surface area contributed by atoms with E-state index >= 15 is 0 Å². The van der Waals surface area contributed by atoms with Crippen molar-refractivity contribution in [1.29, 1.82) is 0 Å². The van der Waals surface area contributed by atoms with E-state index in [9.17, 15) is 39.9 Å².